The molecule has 2 unspecified atom stereocenters. The lowest BCUT2D eigenvalue weighted by Gasteiger charge is -2.26. The summed E-state index contributed by atoms with van der Waals surface area (Å²) in [4.78, 5) is 0.318. The molecule has 3 aliphatic rings. The van der Waals surface area contributed by atoms with E-state index in [1.807, 2.05) is 6.07 Å². The van der Waals surface area contributed by atoms with Gasteiger partial charge in [-0.2, -0.15) is 4.31 Å². The fourth-order valence-electron chi connectivity index (χ4n) is 3.96. The highest BCUT2D eigenvalue weighted by molar-refractivity contribution is 7.93. The van der Waals surface area contributed by atoms with Gasteiger partial charge in [-0.25, -0.2) is 16.8 Å². The largest absolute Gasteiger partial charge is 0.243 e. The third-order valence-corrected chi connectivity index (χ3v) is 9.31. The summed E-state index contributed by atoms with van der Waals surface area (Å²) >= 11 is 0. The lowest BCUT2D eigenvalue weighted by Crippen LogP contribution is -2.44. The van der Waals surface area contributed by atoms with Crippen LogP contribution in [0, 0.1) is 0 Å². The molecule has 5 nitrogen and oxygen atoms in total. The number of aryl methyl sites for hydroxylation is 2. The first-order valence-corrected chi connectivity index (χ1v) is 10.9. The van der Waals surface area contributed by atoms with E-state index in [9.17, 15) is 16.8 Å². The Kier molecular flexibility index (Phi) is 3.19. The summed E-state index contributed by atoms with van der Waals surface area (Å²) in [6.07, 6.45) is 4.66. The van der Waals surface area contributed by atoms with Gasteiger partial charge < -0.3 is 0 Å². The molecule has 2 fully saturated rings. The molecule has 0 aromatic heterocycles. The highest BCUT2D eigenvalue weighted by atomic mass is 32.2. The standard InChI is InChI=1S/C15H19NO4S2/c17-21(18)10-13-8-15(21)9-16(13)22(19,20)14-6-5-11-3-1-2-4-12(11)7-14/h5-7,13,15H,1-4,8-10H2. The first-order chi connectivity index (χ1) is 10.4. The Morgan fingerprint density at radius 3 is 2.45 bits per heavy atom. The summed E-state index contributed by atoms with van der Waals surface area (Å²) in [5.74, 6) is -0.0260. The first-order valence-electron chi connectivity index (χ1n) is 7.73. The molecule has 0 amide bonds. The first kappa shape index (κ1) is 14.7. The topological polar surface area (TPSA) is 71.5 Å². The fraction of sp³-hybridized carbons (Fsp3) is 0.600. The van der Waals surface area contributed by atoms with Crippen LogP contribution in [0.25, 0.3) is 0 Å². The normalized spacial score (nSPS) is 30.4. The zero-order valence-electron chi connectivity index (χ0n) is 12.2. The molecule has 2 bridgehead atoms. The van der Waals surface area contributed by atoms with Gasteiger partial charge in [0.1, 0.15) is 0 Å². The van der Waals surface area contributed by atoms with Crippen molar-refractivity contribution in [1.29, 1.82) is 0 Å². The van der Waals surface area contributed by atoms with E-state index in [1.54, 1.807) is 12.1 Å². The van der Waals surface area contributed by atoms with Crippen molar-refractivity contribution in [3.63, 3.8) is 0 Å². The Bertz CT molecular complexity index is 829. The molecule has 1 aliphatic carbocycles. The van der Waals surface area contributed by atoms with Crippen LogP contribution < -0.4 is 0 Å². The summed E-state index contributed by atoms with van der Waals surface area (Å²) in [5.41, 5.74) is 2.38. The summed E-state index contributed by atoms with van der Waals surface area (Å²) in [7, 11) is -6.67. The van der Waals surface area contributed by atoms with Gasteiger partial charge in [0, 0.05) is 12.6 Å². The van der Waals surface area contributed by atoms with Gasteiger partial charge in [0.2, 0.25) is 10.0 Å². The lowest BCUT2D eigenvalue weighted by molar-refractivity contribution is 0.402. The Hall–Kier alpha value is -0.920. The highest BCUT2D eigenvalue weighted by Crippen LogP contribution is 2.37. The summed E-state index contributed by atoms with van der Waals surface area (Å²) < 4.78 is 50.7. The van der Waals surface area contributed by atoms with E-state index in [0.717, 1.165) is 31.2 Å². The molecule has 2 heterocycles. The highest BCUT2D eigenvalue weighted by Gasteiger charge is 2.52. The van der Waals surface area contributed by atoms with Crippen molar-refractivity contribution in [3.05, 3.63) is 29.3 Å². The molecule has 7 heteroatoms. The number of sulfonamides is 1. The van der Waals surface area contributed by atoms with E-state index in [2.05, 4.69) is 0 Å². The Labute approximate surface area is 131 Å². The molecule has 0 saturated carbocycles. The fourth-order valence-corrected chi connectivity index (χ4v) is 7.91. The molecule has 2 saturated heterocycles. The van der Waals surface area contributed by atoms with Gasteiger partial charge in [0.25, 0.3) is 0 Å². The summed E-state index contributed by atoms with van der Waals surface area (Å²) in [5, 5.41) is -0.509. The third-order valence-electron chi connectivity index (χ3n) is 5.18. The molecule has 120 valence electrons. The molecule has 2 aliphatic heterocycles. The average molecular weight is 341 g/mol. The Morgan fingerprint density at radius 2 is 1.82 bits per heavy atom. The van der Waals surface area contributed by atoms with E-state index in [1.165, 1.54) is 9.87 Å². The second-order valence-electron chi connectivity index (χ2n) is 6.55. The van der Waals surface area contributed by atoms with Crippen LogP contribution in [-0.2, 0) is 32.7 Å². The van der Waals surface area contributed by atoms with Crippen LogP contribution in [-0.4, -0.2) is 44.7 Å². The van der Waals surface area contributed by atoms with Crippen molar-refractivity contribution in [2.75, 3.05) is 12.3 Å². The molecule has 0 N–H and O–H groups in total. The second-order valence-corrected chi connectivity index (χ2v) is 10.8. The van der Waals surface area contributed by atoms with Crippen LogP contribution in [0.1, 0.15) is 30.4 Å². The molecular weight excluding hydrogens is 322 g/mol. The molecule has 1 aromatic rings. The van der Waals surface area contributed by atoms with Gasteiger partial charge in [0.05, 0.1) is 15.9 Å². The van der Waals surface area contributed by atoms with E-state index in [4.69, 9.17) is 0 Å². The van der Waals surface area contributed by atoms with Crippen LogP contribution in [0.3, 0.4) is 0 Å². The van der Waals surface area contributed by atoms with Crippen LogP contribution >= 0.6 is 0 Å². The number of hydrogen-bond donors (Lipinski definition) is 0. The monoisotopic (exact) mass is 341 g/mol. The number of nitrogens with zero attached hydrogens (tertiary/aromatic N) is 1. The quantitative estimate of drug-likeness (QED) is 0.808. The van der Waals surface area contributed by atoms with Crippen LogP contribution in [0.5, 0.6) is 0 Å². The van der Waals surface area contributed by atoms with Gasteiger partial charge in [0.15, 0.2) is 9.84 Å². The SMILES string of the molecule is O=S1(=O)CC2CC1CN2S(=O)(=O)c1ccc2c(c1)CCCC2. The summed E-state index contributed by atoms with van der Waals surface area (Å²) in [6.45, 7) is 0.117. The van der Waals surface area contributed by atoms with Gasteiger partial charge in [-0.05, 0) is 55.4 Å². The number of sulfone groups is 1. The minimum atomic E-state index is -3.58. The number of benzene rings is 1. The van der Waals surface area contributed by atoms with Gasteiger partial charge in [-0.15, -0.1) is 0 Å². The third kappa shape index (κ3) is 2.13. The lowest BCUT2D eigenvalue weighted by atomic mass is 9.92. The van der Waals surface area contributed by atoms with Crippen molar-refractivity contribution >= 4 is 19.9 Å². The Balaban J connectivity index is 1.68. The molecule has 22 heavy (non-hydrogen) atoms. The predicted octanol–water partition coefficient (Wildman–Crippen LogP) is 1.13. The van der Waals surface area contributed by atoms with Gasteiger partial charge in [-0.3, -0.25) is 0 Å². The van der Waals surface area contributed by atoms with E-state index in [-0.39, 0.29) is 18.3 Å². The predicted molar refractivity (Wildman–Crippen MR) is 83.0 cm³/mol. The van der Waals surface area contributed by atoms with Crippen LogP contribution in [0.2, 0.25) is 0 Å². The maximum absolute atomic E-state index is 12.9. The smallest absolute Gasteiger partial charge is 0.228 e. The van der Waals surface area contributed by atoms with Crippen LogP contribution in [0.15, 0.2) is 23.1 Å². The van der Waals surface area contributed by atoms with E-state index < -0.39 is 25.1 Å². The number of hydrogen-bond acceptors (Lipinski definition) is 4. The second kappa shape index (κ2) is 4.79. The van der Waals surface area contributed by atoms with Crippen molar-refractivity contribution in [2.24, 2.45) is 0 Å². The molecule has 0 spiro atoms. The summed E-state index contributed by atoms with van der Waals surface area (Å²) in [6, 6.07) is 5.02. The van der Waals surface area contributed by atoms with E-state index in [0.29, 0.717) is 11.3 Å². The molecule has 2 atom stereocenters. The maximum Gasteiger partial charge on any atom is 0.243 e. The van der Waals surface area contributed by atoms with Crippen molar-refractivity contribution in [2.45, 2.75) is 48.3 Å². The molecule has 0 radical (unpaired) electrons. The van der Waals surface area contributed by atoms with Crippen molar-refractivity contribution in [3.8, 4) is 0 Å². The zero-order valence-corrected chi connectivity index (χ0v) is 13.9. The van der Waals surface area contributed by atoms with Crippen LogP contribution in [0.4, 0.5) is 0 Å². The van der Waals surface area contributed by atoms with Crippen molar-refractivity contribution in [1.82, 2.24) is 4.31 Å². The van der Waals surface area contributed by atoms with E-state index >= 15 is 0 Å². The number of rotatable bonds is 2. The molecular formula is C15H19NO4S2. The molecule has 1 aromatic carbocycles. The number of fused-ring (bicyclic) bond motifs is 3. The minimum Gasteiger partial charge on any atom is -0.228 e. The van der Waals surface area contributed by atoms with Gasteiger partial charge in [-0.1, -0.05) is 6.07 Å². The zero-order chi connectivity index (χ0) is 15.5. The maximum atomic E-state index is 12.9. The minimum absolute atomic E-state index is 0.0260. The van der Waals surface area contributed by atoms with Gasteiger partial charge >= 0.3 is 0 Å². The average Bonchev–Trinajstić information content (AvgIpc) is 3.03. The van der Waals surface area contributed by atoms with Crippen molar-refractivity contribution < 1.29 is 16.8 Å². The Morgan fingerprint density at radius 1 is 1.09 bits per heavy atom. The molecule has 4 rings (SSSR count).